The van der Waals surface area contributed by atoms with Crippen LogP contribution in [-0.2, 0) is 0 Å². The van der Waals surface area contributed by atoms with Gasteiger partial charge in [0, 0.05) is 6.54 Å². The maximum absolute atomic E-state index is 12.6. The van der Waals surface area contributed by atoms with E-state index in [-0.39, 0.29) is 12.4 Å². The summed E-state index contributed by atoms with van der Waals surface area (Å²) >= 11 is 0. The molecule has 0 heterocycles. The lowest BCUT2D eigenvalue weighted by atomic mass is 10.1. The number of aliphatic hydroxyl groups excluding tert-OH is 1. The van der Waals surface area contributed by atoms with E-state index in [1.54, 1.807) is 12.1 Å². The quantitative estimate of drug-likeness (QED) is 0.452. The average molecular weight is 170 g/mol. The molecule has 0 saturated heterocycles. The van der Waals surface area contributed by atoms with Gasteiger partial charge in [0.05, 0.1) is 6.10 Å². The first kappa shape index (κ1) is 9.12. The fourth-order valence-electron chi connectivity index (χ4n) is 0.943. The summed E-state index contributed by atoms with van der Waals surface area (Å²) in [7, 11) is 0. The molecule has 1 rings (SSSR count). The van der Waals surface area contributed by atoms with Crippen molar-refractivity contribution in [2.75, 3.05) is 6.54 Å². The summed E-state index contributed by atoms with van der Waals surface area (Å²) in [6, 6.07) is 5.80. The molecule has 0 aliphatic heterocycles. The van der Waals surface area contributed by atoms with E-state index in [4.69, 9.17) is 5.84 Å². The van der Waals surface area contributed by atoms with Crippen molar-refractivity contribution < 1.29 is 9.50 Å². The first-order valence-corrected chi connectivity index (χ1v) is 3.61. The number of hydrogen-bond acceptors (Lipinski definition) is 3. The van der Waals surface area contributed by atoms with Crippen LogP contribution in [0.25, 0.3) is 0 Å². The molecule has 1 aromatic rings. The molecule has 0 aromatic heterocycles. The van der Waals surface area contributed by atoms with E-state index < -0.39 is 6.10 Å². The average Bonchev–Trinajstić information content (AvgIpc) is 2.05. The number of aliphatic hydroxyl groups is 1. The Hall–Kier alpha value is -0.970. The van der Waals surface area contributed by atoms with Crippen LogP contribution >= 0.6 is 0 Å². The van der Waals surface area contributed by atoms with E-state index in [2.05, 4.69) is 5.43 Å². The first-order chi connectivity index (χ1) is 5.74. The van der Waals surface area contributed by atoms with Gasteiger partial charge in [0.15, 0.2) is 0 Å². The van der Waals surface area contributed by atoms with Gasteiger partial charge in [-0.05, 0) is 17.7 Å². The van der Waals surface area contributed by atoms with Crippen molar-refractivity contribution in [3.8, 4) is 0 Å². The Morgan fingerprint density at radius 3 is 2.92 bits per heavy atom. The van der Waals surface area contributed by atoms with Gasteiger partial charge in [-0.25, -0.2) is 4.39 Å². The Labute approximate surface area is 70.0 Å². The molecule has 0 radical (unpaired) electrons. The standard InChI is InChI=1S/C8H11FN2O/c9-7-3-1-2-6(4-7)8(12)5-11-10/h1-4,8,11-12H,5,10H2. The molecule has 0 fully saturated rings. The highest BCUT2D eigenvalue weighted by Crippen LogP contribution is 2.12. The summed E-state index contributed by atoms with van der Waals surface area (Å²) in [5, 5.41) is 9.34. The summed E-state index contributed by atoms with van der Waals surface area (Å²) in [6.07, 6.45) is -0.759. The topological polar surface area (TPSA) is 58.3 Å². The lowest BCUT2D eigenvalue weighted by Gasteiger charge is -2.09. The zero-order valence-corrected chi connectivity index (χ0v) is 6.50. The first-order valence-electron chi connectivity index (χ1n) is 3.61. The van der Waals surface area contributed by atoms with Crippen molar-refractivity contribution in [3.63, 3.8) is 0 Å². The molecule has 0 bridgehead atoms. The van der Waals surface area contributed by atoms with Crippen LogP contribution in [0, 0.1) is 5.82 Å². The number of benzene rings is 1. The molecule has 4 heteroatoms. The van der Waals surface area contributed by atoms with Gasteiger partial charge >= 0.3 is 0 Å². The molecule has 0 spiro atoms. The number of halogens is 1. The van der Waals surface area contributed by atoms with Crippen LogP contribution in [0.3, 0.4) is 0 Å². The van der Waals surface area contributed by atoms with E-state index in [1.165, 1.54) is 12.1 Å². The molecule has 1 aromatic carbocycles. The van der Waals surface area contributed by atoms with Gasteiger partial charge in [-0.3, -0.25) is 11.3 Å². The second-order valence-corrected chi connectivity index (χ2v) is 2.48. The van der Waals surface area contributed by atoms with Gasteiger partial charge in [0.1, 0.15) is 5.82 Å². The van der Waals surface area contributed by atoms with Crippen LogP contribution < -0.4 is 11.3 Å². The van der Waals surface area contributed by atoms with Gasteiger partial charge in [-0.15, -0.1) is 0 Å². The van der Waals surface area contributed by atoms with E-state index in [0.717, 1.165) is 0 Å². The maximum atomic E-state index is 12.6. The molecule has 12 heavy (non-hydrogen) atoms. The largest absolute Gasteiger partial charge is 0.387 e. The number of rotatable bonds is 3. The molecule has 1 unspecified atom stereocenters. The van der Waals surface area contributed by atoms with E-state index in [1.807, 2.05) is 0 Å². The van der Waals surface area contributed by atoms with E-state index in [9.17, 15) is 9.50 Å². The van der Waals surface area contributed by atoms with Gasteiger partial charge in [-0.1, -0.05) is 12.1 Å². The zero-order valence-electron chi connectivity index (χ0n) is 6.50. The molecular formula is C8H11FN2O. The normalized spacial score (nSPS) is 12.9. The minimum Gasteiger partial charge on any atom is -0.387 e. The fraction of sp³-hybridized carbons (Fsp3) is 0.250. The minimum atomic E-state index is -0.759. The van der Waals surface area contributed by atoms with Crippen molar-refractivity contribution in [2.24, 2.45) is 5.84 Å². The molecule has 4 N–H and O–H groups in total. The van der Waals surface area contributed by atoms with Crippen LogP contribution in [0.4, 0.5) is 4.39 Å². The Balaban J connectivity index is 2.73. The summed E-state index contributed by atoms with van der Waals surface area (Å²) in [5.41, 5.74) is 2.83. The van der Waals surface area contributed by atoms with Gasteiger partial charge in [0.25, 0.3) is 0 Å². The summed E-state index contributed by atoms with van der Waals surface area (Å²) in [5.74, 6) is 4.64. The second-order valence-electron chi connectivity index (χ2n) is 2.48. The van der Waals surface area contributed by atoms with Crippen molar-refractivity contribution in [1.29, 1.82) is 0 Å². The third-order valence-corrected chi connectivity index (χ3v) is 1.54. The van der Waals surface area contributed by atoms with E-state index in [0.29, 0.717) is 5.56 Å². The van der Waals surface area contributed by atoms with Crippen LogP contribution in [0.2, 0.25) is 0 Å². The van der Waals surface area contributed by atoms with Crippen LogP contribution in [0.5, 0.6) is 0 Å². The molecular weight excluding hydrogens is 159 g/mol. The number of nitrogens with two attached hydrogens (primary N) is 1. The van der Waals surface area contributed by atoms with Crippen LogP contribution in [0.15, 0.2) is 24.3 Å². The Bertz CT molecular complexity index is 255. The second kappa shape index (κ2) is 4.15. The van der Waals surface area contributed by atoms with Crippen molar-refractivity contribution in [2.45, 2.75) is 6.10 Å². The molecule has 1 atom stereocenters. The molecule has 0 saturated carbocycles. The Kier molecular flexibility index (Phi) is 3.16. The third-order valence-electron chi connectivity index (χ3n) is 1.54. The summed E-state index contributed by atoms with van der Waals surface area (Å²) < 4.78 is 12.6. The minimum absolute atomic E-state index is 0.212. The Morgan fingerprint density at radius 2 is 2.33 bits per heavy atom. The lowest BCUT2D eigenvalue weighted by Crippen LogP contribution is -2.27. The third kappa shape index (κ3) is 2.27. The van der Waals surface area contributed by atoms with E-state index >= 15 is 0 Å². The summed E-state index contributed by atoms with van der Waals surface area (Å²) in [6.45, 7) is 0.212. The molecule has 0 aliphatic rings. The smallest absolute Gasteiger partial charge is 0.123 e. The van der Waals surface area contributed by atoms with Crippen LogP contribution in [-0.4, -0.2) is 11.7 Å². The zero-order chi connectivity index (χ0) is 8.97. The van der Waals surface area contributed by atoms with Gasteiger partial charge in [-0.2, -0.15) is 0 Å². The highest BCUT2D eigenvalue weighted by Gasteiger charge is 2.05. The number of hydrazine groups is 1. The maximum Gasteiger partial charge on any atom is 0.123 e. The molecule has 0 amide bonds. The van der Waals surface area contributed by atoms with Crippen LogP contribution in [0.1, 0.15) is 11.7 Å². The SMILES string of the molecule is NNCC(O)c1cccc(F)c1. The fourth-order valence-corrected chi connectivity index (χ4v) is 0.943. The van der Waals surface area contributed by atoms with Crippen molar-refractivity contribution in [1.82, 2.24) is 5.43 Å². The monoisotopic (exact) mass is 170 g/mol. The lowest BCUT2D eigenvalue weighted by molar-refractivity contribution is 0.175. The van der Waals surface area contributed by atoms with Crippen molar-refractivity contribution >= 4 is 0 Å². The van der Waals surface area contributed by atoms with Gasteiger partial charge in [0.2, 0.25) is 0 Å². The number of nitrogens with one attached hydrogen (secondary N) is 1. The van der Waals surface area contributed by atoms with Gasteiger partial charge < -0.3 is 5.11 Å². The predicted molar refractivity (Wildman–Crippen MR) is 43.5 cm³/mol. The summed E-state index contributed by atoms with van der Waals surface area (Å²) in [4.78, 5) is 0. The number of hydrogen-bond donors (Lipinski definition) is 3. The molecule has 66 valence electrons. The van der Waals surface area contributed by atoms with Crippen molar-refractivity contribution in [3.05, 3.63) is 35.6 Å². The highest BCUT2D eigenvalue weighted by atomic mass is 19.1. The highest BCUT2D eigenvalue weighted by molar-refractivity contribution is 5.18. The molecule has 3 nitrogen and oxygen atoms in total. The predicted octanol–water partition coefficient (Wildman–Crippen LogP) is 0.322. The Morgan fingerprint density at radius 1 is 1.58 bits per heavy atom. The molecule has 0 aliphatic carbocycles.